The van der Waals surface area contributed by atoms with E-state index in [0.29, 0.717) is 0 Å². The lowest BCUT2D eigenvalue weighted by Crippen LogP contribution is -2.44. The summed E-state index contributed by atoms with van der Waals surface area (Å²) < 4.78 is 10.6. The fourth-order valence-corrected chi connectivity index (χ4v) is 2.16. The number of alkyl carbamates (subject to hydrolysis) is 1. The fourth-order valence-electron chi connectivity index (χ4n) is 2.16. The van der Waals surface area contributed by atoms with E-state index < -0.39 is 23.7 Å². The summed E-state index contributed by atoms with van der Waals surface area (Å²) in [5, 5.41) is 2.54. The van der Waals surface area contributed by atoms with Crippen molar-refractivity contribution in [3.05, 3.63) is 66.0 Å². The molecule has 0 unspecified atom stereocenters. The highest BCUT2D eigenvalue weighted by Gasteiger charge is 2.25. The molecule has 0 spiro atoms. The molecule has 0 fully saturated rings. The topological polar surface area (TPSA) is 77.5 Å². The Morgan fingerprint density at radius 1 is 1.14 bits per heavy atom. The van der Waals surface area contributed by atoms with Crippen molar-refractivity contribution in [1.29, 1.82) is 0 Å². The van der Waals surface area contributed by atoms with Gasteiger partial charge in [0.2, 0.25) is 0 Å². The number of esters is 1. The smallest absolute Gasteiger partial charge is 0.408 e. The number of aromatic nitrogens is 1. The summed E-state index contributed by atoms with van der Waals surface area (Å²) in [4.78, 5) is 28.6. The molecule has 1 aromatic heterocycles. The molecule has 0 saturated carbocycles. The maximum absolute atomic E-state index is 12.5. The van der Waals surface area contributed by atoms with Gasteiger partial charge in [0, 0.05) is 24.4 Å². The van der Waals surface area contributed by atoms with Gasteiger partial charge >= 0.3 is 12.1 Å². The van der Waals surface area contributed by atoms with E-state index in [1.165, 1.54) is 0 Å². The summed E-state index contributed by atoms with van der Waals surface area (Å²) in [7, 11) is 0. The number of carbonyl (C=O) groups is 2. The molecular formula is C22H24N2O4. The molecule has 146 valence electrons. The molecule has 1 heterocycles. The first-order valence-corrected chi connectivity index (χ1v) is 8.92. The Morgan fingerprint density at radius 3 is 2.54 bits per heavy atom. The summed E-state index contributed by atoms with van der Waals surface area (Å²) >= 11 is 0. The van der Waals surface area contributed by atoms with Crippen molar-refractivity contribution in [2.45, 2.75) is 45.4 Å². The van der Waals surface area contributed by atoms with E-state index in [2.05, 4.69) is 22.1 Å². The standard InChI is InChI=1S/C22H24N2O4/c1-22(2,3)28-21(26)24-19(13-7-11-17-12-8-14-23-15-17)20(25)27-16-18-9-5-4-6-10-18/h4-6,8-10,12,14-15,19H,13,16H2,1-3H3,(H,24,26)/t19-/m0/s1. The highest BCUT2D eigenvalue weighted by Crippen LogP contribution is 2.08. The van der Waals surface area contributed by atoms with Gasteiger partial charge in [-0.2, -0.15) is 0 Å². The average Bonchev–Trinajstić information content (AvgIpc) is 2.65. The number of amides is 1. The molecule has 1 N–H and O–H groups in total. The Hall–Kier alpha value is -3.33. The van der Waals surface area contributed by atoms with Crippen molar-refractivity contribution >= 4 is 12.1 Å². The molecule has 0 bridgehead atoms. The van der Waals surface area contributed by atoms with Crippen molar-refractivity contribution in [3.63, 3.8) is 0 Å². The zero-order chi connectivity index (χ0) is 20.4. The van der Waals surface area contributed by atoms with Crippen LogP contribution in [-0.2, 0) is 20.9 Å². The Morgan fingerprint density at radius 2 is 1.89 bits per heavy atom. The van der Waals surface area contributed by atoms with E-state index in [-0.39, 0.29) is 13.0 Å². The second-order valence-corrected chi connectivity index (χ2v) is 7.04. The molecular weight excluding hydrogens is 356 g/mol. The van der Waals surface area contributed by atoms with Crippen LogP contribution in [-0.4, -0.2) is 28.7 Å². The zero-order valence-corrected chi connectivity index (χ0v) is 16.3. The number of rotatable bonds is 5. The minimum Gasteiger partial charge on any atom is -0.459 e. The van der Waals surface area contributed by atoms with Gasteiger partial charge in [0.25, 0.3) is 0 Å². The number of nitrogens with one attached hydrogen (secondary N) is 1. The van der Waals surface area contributed by atoms with Crippen molar-refractivity contribution in [2.24, 2.45) is 0 Å². The largest absolute Gasteiger partial charge is 0.459 e. The number of hydrogen-bond donors (Lipinski definition) is 1. The predicted octanol–water partition coefficient (Wildman–Crippen LogP) is 3.46. The molecule has 1 aromatic carbocycles. The van der Waals surface area contributed by atoms with Crippen LogP contribution >= 0.6 is 0 Å². The van der Waals surface area contributed by atoms with E-state index in [1.54, 1.807) is 39.2 Å². The van der Waals surface area contributed by atoms with Gasteiger partial charge in [-0.25, -0.2) is 9.59 Å². The van der Waals surface area contributed by atoms with Crippen LogP contribution in [0.5, 0.6) is 0 Å². The zero-order valence-electron chi connectivity index (χ0n) is 16.3. The Bertz CT molecular complexity index is 834. The van der Waals surface area contributed by atoms with Crippen LogP contribution in [0.1, 0.15) is 38.3 Å². The van der Waals surface area contributed by atoms with Crippen LogP contribution in [0, 0.1) is 11.8 Å². The van der Waals surface area contributed by atoms with Gasteiger partial charge in [-0.1, -0.05) is 42.2 Å². The van der Waals surface area contributed by atoms with Gasteiger partial charge < -0.3 is 14.8 Å². The molecule has 6 heteroatoms. The van der Waals surface area contributed by atoms with E-state index in [0.717, 1.165) is 11.1 Å². The third kappa shape index (κ3) is 7.92. The number of nitrogens with zero attached hydrogens (tertiary/aromatic N) is 1. The van der Waals surface area contributed by atoms with Crippen molar-refractivity contribution in [3.8, 4) is 11.8 Å². The van der Waals surface area contributed by atoms with Crippen LogP contribution in [0.4, 0.5) is 4.79 Å². The van der Waals surface area contributed by atoms with Crippen molar-refractivity contribution in [2.75, 3.05) is 0 Å². The van der Waals surface area contributed by atoms with E-state index in [4.69, 9.17) is 9.47 Å². The molecule has 28 heavy (non-hydrogen) atoms. The Labute approximate surface area is 165 Å². The normalized spacial score (nSPS) is 11.5. The van der Waals surface area contributed by atoms with Gasteiger partial charge in [0.15, 0.2) is 0 Å². The average molecular weight is 380 g/mol. The number of pyridine rings is 1. The highest BCUT2D eigenvalue weighted by atomic mass is 16.6. The first-order chi connectivity index (χ1) is 13.3. The SMILES string of the molecule is CC(C)(C)OC(=O)N[C@@H](CC#Cc1cccnc1)C(=O)OCc1ccccc1. The maximum Gasteiger partial charge on any atom is 0.408 e. The van der Waals surface area contributed by atoms with Crippen LogP contribution in [0.2, 0.25) is 0 Å². The third-order valence-electron chi connectivity index (χ3n) is 3.40. The van der Waals surface area contributed by atoms with E-state index >= 15 is 0 Å². The van der Waals surface area contributed by atoms with Crippen LogP contribution in [0.15, 0.2) is 54.9 Å². The molecule has 2 rings (SSSR count). The third-order valence-corrected chi connectivity index (χ3v) is 3.40. The molecule has 2 aromatic rings. The number of benzene rings is 1. The van der Waals surface area contributed by atoms with Crippen LogP contribution in [0.25, 0.3) is 0 Å². The molecule has 0 aliphatic carbocycles. The van der Waals surface area contributed by atoms with Crippen LogP contribution < -0.4 is 5.32 Å². The molecule has 0 aliphatic rings. The number of carbonyl (C=O) groups excluding carboxylic acids is 2. The second-order valence-electron chi connectivity index (χ2n) is 7.04. The lowest BCUT2D eigenvalue weighted by Gasteiger charge is -2.22. The predicted molar refractivity (Wildman–Crippen MR) is 105 cm³/mol. The van der Waals surface area contributed by atoms with Crippen molar-refractivity contribution in [1.82, 2.24) is 10.3 Å². The number of ether oxygens (including phenoxy) is 2. The quantitative estimate of drug-likeness (QED) is 0.635. The van der Waals surface area contributed by atoms with Crippen molar-refractivity contribution < 1.29 is 19.1 Å². The summed E-state index contributed by atoms with van der Waals surface area (Å²) in [6.07, 6.45) is 2.66. The minimum absolute atomic E-state index is 0.0851. The Balaban J connectivity index is 2.02. The van der Waals surface area contributed by atoms with Gasteiger partial charge in [-0.3, -0.25) is 4.98 Å². The first-order valence-electron chi connectivity index (χ1n) is 8.92. The van der Waals surface area contributed by atoms with Gasteiger partial charge in [0.1, 0.15) is 18.2 Å². The van der Waals surface area contributed by atoms with Gasteiger partial charge in [-0.05, 0) is 38.5 Å². The van der Waals surface area contributed by atoms with E-state index in [9.17, 15) is 9.59 Å². The summed E-state index contributed by atoms with van der Waals surface area (Å²) in [6, 6.07) is 11.9. The summed E-state index contributed by atoms with van der Waals surface area (Å²) in [6.45, 7) is 5.36. The van der Waals surface area contributed by atoms with E-state index in [1.807, 2.05) is 36.4 Å². The molecule has 0 aliphatic heterocycles. The molecule has 6 nitrogen and oxygen atoms in total. The molecule has 1 atom stereocenters. The first kappa shape index (κ1) is 21.0. The monoisotopic (exact) mass is 380 g/mol. The lowest BCUT2D eigenvalue weighted by atomic mass is 10.2. The van der Waals surface area contributed by atoms with Crippen LogP contribution in [0.3, 0.4) is 0 Å². The second kappa shape index (κ2) is 10.1. The molecule has 0 radical (unpaired) electrons. The van der Waals surface area contributed by atoms with Gasteiger partial charge in [0.05, 0.1) is 0 Å². The maximum atomic E-state index is 12.5. The molecule has 1 amide bonds. The van der Waals surface area contributed by atoms with Gasteiger partial charge in [-0.15, -0.1) is 0 Å². The summed E-state index contributed by atoms with van der Waals surface area (Å²) in [5.41, 5.74) is 0.897. The Kier molecular flexibility index (Phi) is 7.58. The minimum atomic E-state index is -0.942. The fraction of sp³-hybridized carbons (Fsp3) is 0.318. The molecule has 0 saturated heterocycles. The highest BCUT2D eigenvalue weighted by molar-refractivity contribution is 5.81. The lowest BCUT2D eigenvalue weighted by molar-refractivity contribution is -0.147. The summed E-state index contributed by atoms with van der Waals surface area (Å²) in [5.74, 6) is 5.23. The number of hydrogen-bond acceptors (Lipinski definition) is 5.